The van der Waals surface area contributed by atoms with Crippen molar-refractivity contribution in [2.24, 2.45) is 5.92 Å². The Labute approximate surface area is 172 Å². The van der Waals surface area contributed by atoms with Gasteiger partial charge < -0.3 is 15.1 Å². The number of para-hydroxylation sites is 2. The van der Waals surface area contributed by atoms with Crippen LogP contribution in [0.3, 0.4) is 0 Å². The summed E-state index contributed by atoms with van der Waals surface area (Å²) in [5.41, 5.74) is 4.48. The van der Waals surface area contributed by atoms with Gasteiger partial charge in [0.25, 0.3) is 0 Å². The molecule has 152 valence electrons. The number of nitrogens with one attached hydrogen (secondary N) is 1. The van der Waals surface area contributed by atoms with Crippen LogP contribution in [0.2, 0.25) is 0 Å². The molecule has 2 aliphatic heterocycles. The zero-order valence-corrected chi connectivity index (χ0v) is 17.1. The van der Waals surface area contributed by atoms with Gasteiger partial charge in [-0.15, -0.1) is 0 Å². The van der Waals surface area contributed by atoms with Crippen LogP contribution >= 0.6 is 0 Å². The Morgan fingerprint density at radius 1 is 1.10 bits per heavy atom. The van der Waals surface area contributed by atoms with Gasteiger partial charge in [0.1, 0.15) is 0 Å². The summed E-state index contributed by atoms with van der Waals surface area (Å²) in [5.74, 6) is -0.0226. The van der Waals surface area contributed by atoms with E-state index in [4.69, 9.17) is 0 Å². The van der Waals surface area contributed by atoms with Crippen molar-refractivity contribution in [1.29, 1.82) is 0 Å². The zero-order valence-electron chi connectivity index (χ0n) is 17.1. The summed E-state index contributed by atoms with van der Waals surface area (Å²) in [7, 11) is 1.86. The van der Waals surface area contributed by atoms with Gasteiger partial charge in [-0.2, -0.15) is 0 Å². The van der Waals surface area contributed by atoms with Crippen LogP contribution < -0.4 is 10.2 Å². The number of hydrogen-bond donors (Lipinski definition) is 1. The number of hydrogen-bond acceptors (Lipinski definition) is 3. The molecule has 0 bridgehead atoms. The van der Waals surface area contributed by atoms with Crippen molar-refractivity contribution in [2.45, 2.75) is 38.6 Å². The lowest BCUT2D eigenvalue weighted by Gasteiger charge is -2.26. The highest BCUT2D eigenvalue weighted by atomic mass is 16.2. The molecule has 1 unspecified atom stereocenters. The van der Waals surface area contributed by atoms with Crippen molar-refractivity contribution in [2.75, 3.05) is 30.4 Å². The Morgan fingerprint density at radius 3 is 2.66 bits per heavy atom. The predicted molar refractivity (Wildman–Crippen MR) is 116 cm³/mol. The largest absolute Gasteiger partial charge is 0.371 e. The quantitative estimate of drug-likeness (QED) is 0.814. The highest BCUT2D eigenvalue weighted by Gasteiger charge is 2.27. The zero-order chi connectivity index (χ0) is 20.2. The third-order valence-electron chi connectivity index (χ3n) is 6.09. The fraction of sp³-hybridized carbons (Fsp3) is 0.417. The summed E-state index contributed by atoms with van der Waals surface area (Å²) >= 11 is 0. The van der Waals surface area contributed by atoms with E-state index < -0.39 is 0 Å². The molecule has 2 heterocycles. The molecule has 0 saturated carbocycles. The van der Waals surface area contributed by atoms with Gasteiger partial charge in [0, 0.05) is 50.4 Å². The first-order chi connectivity index (χ1) is 14.1. The molecule has 4 rings (SSSR count). The van der Waals surface area contributed by atoms with Crippen LogP contribution in [0.25, 0.3) is 0 Å². The van der Waals surface area contributed by atoms with Crippen molar-refractivity contribution in [3.8, 4) is 0 Å². The molecule has 0 spiro atoms. The molecule has 29 heavy (non-hydrogen) atoms. The van der Waals surface area contributed by atoms with Gasteiger partial charge >= 0.3 is 0 Å². The molecule has 1 N–H and O–H groups in total. The molecule has 5 nitrogen and oxygen atoms in total. The van der Waals surface area contributed by atoms with E-state index in [2.05, 4.69) is 28.4 Å². The first-order valence-electron chi connectivity index (χ1n) is 10.6. The Balaban J connectivity index is 1.34. The summed E-state index contributed by atoms with van der Waals surface area (Å²) in [6.07, 6.45) is 4.14. The second-order valence-electron chi connectivity index (χ2n) is 8.16. The number of carbonyl (C=O) groups is 2. The minimum Gasteiger partial charge on any atom is -0.371 e. The Hall–Kier alpha value is -2.82. The van der Waals surface area contributed by atoms with Crippen LogP contribution in [0.5, 0.6) is 0 Å². The maximum absolute atomic E-state index is 12.8. The van der Waals surface area contributed by atoms with Gasteiger partial charge in [-0.3, -0.25) is 9.59 Å². The van der Waals surface area contributed by atoms with E-state index in [9.17, 15) is 9.59 Å². The van der Waals surface area contributed by atoms with Crippen LogP contribution in [0.4, 0.5) is 11.4 Å². The normalized spacial score (nSPS) is 18.3. The highest BCUT2D eigenvalue weighted by molar-refractivity contribution is 5.96. The highest BCUT2D eigenvalue weighted by Crippen LogP contribution is 2.28. The monoisotopic (exact) mass is 391 g/mol. The topological polar surface area (TPSA) is 52.6 Å². The summed E-state index contributed by atoms with van der Waals surface area (Å²) in [6, 6.07) is 16.3. The second kappa shape index (κ2) is 8.68. The standard InChI is InChI=1S/C24H29N3O2/c1-26(17-20-9-3-5-11-22(20)27-14-6-7-15-27)23(28)13-12-19-16-18-8-2-4-10-21(18)25-24(19)29/h2-5,8-11,19H,6-7,12-17H2,1H3,(H,25,29). The van der Waals surface area contributed by atoms with Crippen LogP contribution in [0.15, 0.2) is 48.5 Å². The summed E-state index contributed by atoms with van der Waals surface area (Å²) in [6.45, 7) is 2.78. The van der Waals surface area contributed by atoms with E-state index in [1.54, 1.807) is 4.90 Å². The summed E-state index contributed by atoms with van der Waals surface area (Å²) in [5, 5.41) is 2.97. The van der Waals surface area contributed by atoms with Gasteiger partial charge in [-0.1, -0.05) is 36.4 Å². The van der Waals surface area contributed by atoms with E-state index in [1.165, 1.54) is 24.1 Å². The first-order valence-corrected chi connectivity index (χ1v) is 10.6. The lowest BCUT2D eigenvalue weighted by Crippen LogP contribution is -2.32. The summed E-state index contributed by atoms with van der Waals surface area (Å²) in [4.78, 5) is 29.3. The maximum atomic E-state index is 12.8. The van der Waals surface area contributed by atoms with Crippen LogP contribution in [-0.2, 0) is 22.6 Å². The van der Waals surface area contributed by atoms with Crippen molar-refractivity contribution in [1.82, 2.24) is 4.90 Å². The fourth-order valence-corrected chi connectivity index (χ4v) is 4.39. The van der Waals surface area contributed by atoms with Gasteiger partial charge in [0.2, 0.25) is 11.8 Å². The minimum absolute atomic E-state index is 0.0264. The van der Waals surface area contributed by atoms with E-state index in [-0.39, 0.29) is 17.7 Å². The number of amides is 2. The molecule has 0 aliphatic carbocycles. The lowest BCUT2D eigenvalue weighted by molar-refractivity contribution is -0.131. The predicted octanol–water partition coefficient (Wildman–Crippen LogP) is 3.84. The smallest absolute Gasteiger partial charge is 0.227 e. The maximum Gasteiger partial charge on any atom is 0.227 e. The molecule has 2 aromatic carbocycles. The van der Waals surface area contributed by atoms with E-state index in [0.29, 0.717) is 25.8 Å². The Morgan fingerprint density at radius 2 is 1.83 bits per heavy atom. The van der Waals surface area contributed by atoms with Crippen LogP contribution in [0, 0.1) is 5.92 Å². The molecule has 0 aromatic heterocycles. The second-order valence-corrected chi connectivity index (χ2v) is 8.16. The number of anilines is 2. The number of benzene rings is 2. The van der Waals surface area contributed by atoms with Gasteiger partial charge in [-0.25, -0.2) is 0 Å². The number of fused-ring (bicyclic) bond motifs is 1. The number of nitrogens with zero attached hydrogens (tertiary/aromatic N) is 2. The molecule has 2 aromatic rings. The van der Waals surface area contributed by atoms with E-state index in [0.717, 1.165) is 24.3 Å². The Bertz CT molecular complexity index is 889. The molecule has 1 fully saturated rings. The third-order valence-corrected chi connectivity index (χ3v) is 6.09. The number of rotatable bonds is 6. The molecule has 5 heteroatoms. The molecule has 0 radical (unpaired) electrons. The average Bonchev–Trinajstić information content (AvgIpc) is 3.27. The molecular formula is C24H29N3O2. The fourth-order valence-electron chi connectivity index (χ4n) is 4.39. The third kappa shape index (κ3) is 4.44. The SMILES string of the molecule is CN(Cc1ccccc1N1CCCC1)C(=O)CCC1Cc2ccccc2NC1=O. The molecule has 2 amide bonds. The molecular weight excluding hydrogens is 362 g/mol. The van der Waals surface area contributed by atoms with Crippen molar-refractivity contribution in [3.63, 3.8) is 0 Å². The van der Waals surface area contributed by atoms with Crippen molar-refractivity contribution < 1.29 is 9.59 Å². The van der Waals surface area contributed by atoms with E-state index in [1.807, 2.05) is 37.4 Å². The number of carbonyl (C=O) groups excluding carboxylic acids is 2. The average molecular weight is 392 g/mol. The van der Waals surface area contributed by atoms with Gasteiger partial charge in [0.15, 0.2) is 0 Å². The lowest BCUT2D eigenvalue weighted by atomic mass is 9.89. The van der Waals surface area contributed by atoms with Gasteiger partial charge in [0.05, 0.1) is 0 Å². The Kier molecular flexibility index (Phi) is 5.84. The van der Waals surface area contributed by atoms with Gasteiger partial charge in [-0.05, 0) is 48.9 Å². The molecule has 1 atom stereocenters. The molecule has 2 aliphatic rings. The first kappa shape index (κ1) is 19.5. The van der Waals surface area contributed by atoms with Crippen molar-refractivity contribution in [3.05, 3.63) is 59.7 Å². The minimum atomic E-state index is -0.140. The van der Waals surface area contributed by atoms with E-state index >= 15 is 0 Å². The van der Waals surface area contributed by atoms with Crippen LogP contribution in [-0.4, -0.2) is 36.9 Å². The van der Waals surface area contributed by atoms with Crippen LogP contribution in [0.1, 0.15) is 36.8 Å². The molecule has 1 saturated heterocycles. The van der Waals surface area contributed by atoms with Crippen molar-refractivity contribution >= 4 is 23.2 Å². The summed E-state index contributed by atoms with van der Waals surface area (Å²) < 4.78 is 0.